The van der Waals surface area contributed by atoms with E-state index in [4.69, 9.17) is 11.6 Å². The number of alkyl halides is 1. The molecule has 0 fully saturated rings. The lowest BCUT2D eigenvalue weighted by atomic mass is 10.2. The summed E-state index contributed by atoms with van der Waals surface area (Å²) in [7, 11) is 0. The molecule has 5 heteroatoms. The zero-order valence-corrected chi connectivity index (χ0v) is 11.9. The summed E-state index contributed by atoms with van der Waals surface area (Å²) in [5, 5.41) is 9.54. The number of aromatic nitrogens is 3. The van der Waals surface area contributed by atoms with Crippen molar-refractivity contribution in [2.24, 2.45) is 0 Å². The van der Waals surface area contributed by atoms with E-state index in [1.54, 1.807) is 11.8 Å². The average molecular weight is 282 g/mol. The SMILES string of the molecule is CCn1c(SCCCCl)nnc1-c1ccccc1. The normalized spacial score (nSPS) is 10.8. The molecule has 1 aromatic carbocycles. The molecule has 0 amide bonds. The first-order valence-electron chi connectivity index (χ1n) is 6.04. The standard InChI is InChI=1S/C13H16ClN3S/c1-2-17-12(11-7-4-3-5-8-11)15-16-13(17)18-10-6-9-14/h3-5,7-8H,2,6,9-10H2,1H3. The van der Waals surface area contributed by atoms with Crippen LogP contribution in [0.15, 0.2) is 35.5 Å². The second-order valence-corrected chi connectivity index (χ2v) is 5.25. The summed E-state index contributed by atoms with van der Waals surface area (Å²) < 4.78 is 2.15. The molecule has 3 nitrogen and oxygen atoms in total. The van der Waals surface area contributed by atoms with E-state index < -0.39 is 0 Å². The van der Waals surface area contributed by atoms with Crippen molar-refractivity contribution in [2.75, 3.05) is 11.6 Å². The van der Waals surface area contributed by atoms with Crippen LogP contribution in [0.4, 0.5) is 0 Å². The van der Waals surface area contributed by atoms with Crippen molar-refractivity contribution in [2.45, 2.75) is 25.0 Å². The topological polar surface area (TPSA) is 30.7 Å². The van der Waals surface area contributed by atoms with Crippen molar-refractivity contribution in [3.05, 3.63) is 30.3 Å². The number of hydrogen-bond donors (Lipinski definition) is 0. The number of rotatable bonds is 6. The second-order valence-electron chi connectivity index (χ2n) is 3.81. The van der Waals surface area contributed by atoms with Gasteiger partial charge in [0.1, 0.15) is 0 Å². The second kappa shape index (κ2) is 6.81. The molecule has 0 aliphatic heterocycles. The van der Waals surface area contributed by atoms with Gasteiger partial charge in [0.15, 0.2) is 11.0 Å². The Morgan fingerprint density at radius 2 is 2.00 bits per heavy atom. The van der Waals surface area contributed by atoms with Crippen LogP contribution in [0.5, 0.6) is 0 Å². The van der Waals surface area contributed by atoms with E-state index in [9.17, 15) is 0 Å². The molecule has 1 aromatic heterocycles. The molecule has 96 valence electrons. The molecule has 18 heavy (non-hydrogen) atoms. The Morgan fingerprint density at radius 1 is 1.22 bits per heavy atom. The van der Waals surface area contributed by atoms with Gasteiger partial charge in [-0.15, -0.1) is 21.8 Å². The Morgan fingerprint density at radius 3 is 2.67 bits per heavy atom. The fourth-order valence-electron chi connectivity index (χ4n) is 1.70. The van der Waals surface area contributed by atoms with Crippen LogP contribution in [0.3, 0.4) is 0 Å². The van der Waals surface area contributed by atoms with E-state index in [1.807, 2.05) is 18.2 Å². The molecule has 1 heterocycles. The molecule has 0 N–H and O–H groups in total. The summed E-state index contributed by atoms with van der Waals surface area (Å²) in [5.74, 6) is 2.61. The van der Waals surface area contributed by atoms with Crippen molar-refractivity contribution in [1.82, 2.24) is 14.8 Å². The van der Waals surface area contributed by atoms with Crippen molar-refractivity contribution < 1.29 is 0 Å². The van der Waals surface area contributed by atoms with Gasteiger partial charge in [-0.05, 0) is 13.3 Å². The van der Waals surface area contributed by atoms with E-state index in [2.05, 4.69) is 33.8 Å². The maximum Gasteiger partial charge on any atom is 0.191 e. The average Bonchev–Trinajstić information content (AvgIpc) is 2.83. The highest BCUT2D eigenvalue weighted by molar-refractivity contribution is 7.99. The molecule has 0 spiro atoms. The van der Waals surface area contributed by atoms with Crippen molar-refractivity contribution in [3.8, 4) is 11.4 Å². The van der Waals surface area contributed by atoms with Crippen molar-refractivity contribution >= 4 is 23.4 Å². The van der Waals surface area contributed by atoms with Gasteiger partial charge in [-0.1, -0.05) is 42.1 Å². The Hall–Kier alpha value is -1.00. The van der Waals surface area contributed by atoms with E-state index >= 15 is 0 Å². The molecule has 0 aliphatic rings. The van der Waals surface area contributed by atoms with Crippen LogP contribution in [0.25, 0.3) is 11.4 Å². The summed E-state index contributed by atoms with van der Waals surface area (Å²) >= 11 is 7.40. The molecule has 0 saturated carbocycles. The Kier molecular flexibility index (Phi) is 5.08. The van der Waals surface area contributed by atoms with Crippen LogP contribution in [-0.2, 0) is 6.54 Å². The molecule has 0 saturated heterocycles. The van der Waals surface area contributed by atoms with Gasteiger partial charge in [0.2, 0.25) is 0 Å². The fraction of sp³-hybridized carbons (Fsp3) is 0.385. The molecule has 2 aromatic rings. The third-order valence-electron chi connectivity index (χ3n) is 2.57. The number of hydrogen-bond acceptors (Lipinski definition) is 3. The van der Waals surface area contributed by atoms with Crippen LogP contribution in [-0.4, -0.2) is 26.4 Å². The van der Waals surface area contributed by atoms with Gasteiger partial charge < -0.3 is 4.57 Å². The predicted octanol–water partition coefficient (Wildman–Crippen LogP) is 3.69. The van der Waals surface area contributed by atoms with Crippen molar-refractivity contribution in [3.63, 3.8) is 0 Å². The smallest absolute Gasteiger partial charge is 0.191 e. The summed E-state index contributed by atoms with van der Waals surface area (Å²) in [6, 6.07) is 10.2. The molecule has 0 radical (unpaired) electrons. The van der Waals surface area contributed by atoms with Gasteiger partial charge >= 0.3 is 0 Å². The zero-order chi connectivity index (χ0) is 12.8. The maximum atomic E-state index is 5.69. The van der Waals surface area contributed by atoms with Gasteiger partial charge in [-0.25, -0.2) is 0 Å². The molecule has 0 aliphatic carbocycles. The van der Waals surface area contributed by atoms with Crippen molar-refractivity contribution in [1.29, 1.82) is 0 Å². The summed E-state index contributed by atoms with van der Waals surface area (Å²) in [4.78, 5) is 0. The zero-order valence-electron chi connectivity index (χ0n) is 10.3. The largest absolute Gasteiger partial charge is 0.302 e. The first kappa shape index (κ1) is 13.4. The fourth-order valence-corrected chi connectivity index (χ4v) is 2.93. The summed E-state index contributed by atoms with van der Waals surface area (Å²) in [5.41, 5.74) is 1.11. The number of benzene rings is 1. The monoisotopic (exact) mass is 281 g/mol. The van der Waals surface area contributed by atoms with Crippen LogP contribution in [0.1, 0.15) is 13.3 Å². The minimum Gasteiger partial charge on any atom is -0.302 e. The third kappa shape index (κ3) is 3.06. The third-order valence-corrected chi connectivity index (χ3v) is 3.89. The highest BCUT2D eigenvalue weighted by Gasteiger charge is 2.12. The first-order chi connectivity index (χ1) is 8.86. The quantitative estimate of drug-likeness (QED) is 0.460. The van der Waals surface area contributed by atoms with Crippen LogP contribution < -0.4 is 0 Å². The summed E-state index contributed by atoms with van der Waals surface area (Å²) in [6.45, 7) is 2.99. The van der Waals surface area contributed by atoms with Crippen LogP contribution in [0, 0.1) is 0 Å². The van der Waals surface area contributed by atoms with E-state index in [1.165, 1.54) is 0 Å². The lowest BCUT2D eigenvalue weighted by molar-refractivity contribution is 0.687. The van der Waals surface area contributed by atoms with Gasteiger partial charge in [-0.3, -0.25) is 0 Å². The van der Waals surface area contributed by atoms with E-state index in [-0.39, 0.29) is 0 Å². The minimum atomic E-state index is 0.693. The highest BCUT2D eigenvalue weighted by atomic mass is 35.5. The highest BCUT2D eigenvalue weighted by Crippen LogP contribution is 2.24. The van der Waals surface area contributed by atoms with E-state index in [0.29, 0.717) is 5.88 Å². The van der Waals surface area contributed by atoms with Crippen LogP contribution >= 0.6 is 23.4 Å². The van der Waals surface area contributed by atoms with Gasteiger partial charge in [0.05, 0.1) is 0 Å². The van der Waals surface area contributed by atoms with Gasteiger partial charge in [0.25, 0.3) is 0 Å². The summed E-state index contributed by atoms with van der Waals surface area (Å²) in [6.07, 6.45) is 0.990. The Balaban J connectivity index is 2.22. The minimum absolute atomic E-state index is 0.693. The number of halogens is 1. The maximum absolute atomic E-state index is 5.69. The molecular weight excluding hydrogens is 266 g/mol. The lowest BCUT2D eigenvalue weighted by Gasteiger charge is -2.06. The predicted molar refractivity (Wildman–Crippen MR) is 77.2 cm³/mol. The number of thioether (sulfide) groups is 1. The van der Waals surface area contributed by atoms with Gasteiger partial charge in [-0.2, -0.15) is 0 Å². The Bertz CT molecular complexity index is 484. The molecule has 0 bridgehead atoms. The number of nitrogens with zero attached hydrogens (tertiary/aromatic N) is 3. The van der Waals surface area contributed by atoms with E-state index in [0.717, 1.165) is 35.3 Å². The molecular formula is C13H16ClN3S. The van der Waals surface area contributed by atoms with Gasteiger partial charge in [0, 0.05) is 23.7 Å². The Labute approximate surface area is 117 Å². The molecule has 0 unspecified atom stereocenters. The first-order valence-corrected chi connectivity index (χ1v) is 7.56. The molecule has 0 atom stereocenters. The van der Waals surface area contributed by atoms with Crippen LogP contribution in [0.2, 0.25) is 0 Å². The molecule has 2 rings (SSSR count). The lowest BCUT2D eigenvalue weighted by Crippen LogP contribution is -2.00.